The predicted octanol–water partition coefficient (Wildman–Crippen LogP) is 3.40. The van der Waals surface area contributed by atoms with Crippen molar-refractivity contribution in [2.75, 3.05) is 6.54 Å². The monoisotopic (exact) mass is 277 g/mol. The van der Waals surface area contributed by atoms with Crippen molar-refractivity contribution in [2.24, 2.45) is 0 Å². The topological polar surface area (TPSA) is 40.7 Å². The number of nitrogens with one attached hydrogen (secondary N) is 2. The van der Waals surface area contributed by atoms with Crippen LogP contribution in [0.3, 0.4) is 0 Å². The van der Waals surface area contributed by atoms with Crippen molar-refractivity contribution in [1.82, 2.24) is 15.5 Å². The second-order valence-corrected chi connectivity index (χ2v) is 5.29. The number of hydrogen-bond donors (Lipinski definition) is 2. The van der Waals surface area contributed by atoms with Gasteiger partial charge in [-0.25, -0.2) is 0 Å². The number of aromatic nitrogens is 2. The van der Waals surface area contributed by atoms with Crippen LogP contribution in [0.25, 0.3) is 0 Å². The fraction of sp³-hybridized carbons (Fsp3) is 0.400. The number of halogens is 1. The van der Waals surface area contributed by atoms with Gasteiger partial charge >= 0.3 is 0 Å². The van der Waals surface area contributed by atoms with E-state index in [1.807, 2.05) is 19.2 Å². The maximum Gasteiger partial charge on any atom is 0.0522 e. The zero-order valence-electron chi connectivity index (χ0n) is 11.5. The standard InChI is InChI=1S/C15H20ClN3/c1-11-5-6-13(8-15(11)16)9-17-7-3-4-14-10-18-19-12(14)2/h5-6,8,10,17H,3-4,7,9H2,1-2H3,(H,18,19). The van der Waals surface area contributed by atoms with E-state index in [0.717, 1.165) is 36.5 Å². The van der Waals surface area contributed by atoms with E-state index >= 15 is 0 Å². The van der Waals surface area contributed by atoms with Gasteiger partial charge in [-0.3, -0.25) is 5.10 Å². The summed E-state index contributed by atoms with van der Waals surface area (Å²) < 4.78 is 0. The maximum atomic E-state index is 6.10. The van der Waals surface area contributed by atoms with E-state index in [4.69, 9.17) is 11.6 Å². The molecule has 0 aliphatic rings. The first kappa shape index (κ1) is 14.1. The van der Waals surface area contributed by atoms with Crippen LogP contribution < -0.4 is 5.32 Å². The highest BCUT2D eigenvalue weighted by atomic mass is 35.5. The quantitative estimate of drug-likeness (QED) is 0.795. The van der Waals surface area contributed by atoms with Gasteiger partial charge in [0.2, 0.25) is 0 Å². The van der Waals surface area contributed by atoms with Gasteiger partial charge in [-0.05, 0) is 56.0 Å². The molecule has 19 heavy (non-hydrogen) atoms. The molecular weight excluding hydrogens is 258 g/mol. The van der Waals surface area contributed by atoms with Crippen LogP contribution >= 0.6 is 11.6 Å². The fourth-order valence-corrected chi connectivity index (χ4v) is 2.21. The lowest BCUT2D eigenvalue weighted by Crippen LogP contribution is -2.15. The van der Waals surface area contributed by atoms with E-state index in [2.05, 4.69) is 34.6 Å². The second kappa shape index (κ2) is 6.73. The van der Waals surface area contributed by atoms with Gasteiger partial charge in [-0.2, -0.15) is 5.10 Å². The average Bonchev–Trinajstić information content (AvgIpc) is 2.79. The van der Waals surface area contributed by atoms with Crippen molar-refractivity contribution in [3.63, 3.8) is 0 Å². The molecule has 0 bridgehead atoms. The second-order valence-electron chi connectivity index (χ2n) is 4.88. The van der Waals surface area contributed by atoms with Gasteiger partial charge in [-0.15, -0.1) is 0 Å². The molecular formula is C15H20ClN3. The van der Waals surface area contributed by atoms with Gasteiger partial charge in [0, 0.05) is 17.3 Å². The summed E-state index contributed by atoms with van der Waals surface area (Å²) in [7, 11) is 0. The lowest BCUT2D eigenvalue weighted by molar-refractivity contribution is 0.648. The Morgan fingerprint density at radius 3 is 2.84 bits per heavy atom. The van der Waals surface area contributed by atoms with Crippen molar-refractivity contribution < 1.29 is 0 Å². The zero-order chi connectivity index (χ0) is 13.7. The normalized spacial score (nSPS) is 10.9. The molecule has 3 nitrogen and oxygen atoms in total. The largest absolute Gasteiger partial charge is 0.313 e. The third-order valence-corrected chi connectivity index (χ3v) is 3.71. The third kappa shape index (κ3) is 4.08. The summed E-state index contributed by atoms with van der Waals surface area (Å²) in [5.41, 5.74) is 4.83. The van der Waals surface area contributed by atoms with E-state index in [9.17, 15) is 0 Å². The molecule has 0 aliphatic carbocycles. The van der Waals surface area contributed by atoms with E-state index in [1.165, 1.54) is 16.8 Å². The number of hydrogen-bond acceptors (Lipinski definition) is 2. The summed E-state index contributed by atoms with van der Waals surface area (Å²) in [5.74, 6) is 0. The van der Waals surface area contributed by atoms with E-state index in [0.29, 0.717) is 0 Å². The Morgan fingerprint density at radius 1 is 1.32 bits per heavy atom. The number of rotatable bonds is 6. The summed E-state index contributed by atoms with van der Waals surface area (Å²) in [6.45, 7) is 5.94. The minimum Gasteiger partial charge on any atom is -0.313 e. The molecule has 2 rings (SSSR count). The molecule has 0 saturated heterocycles. The van der Waals surface area contributed by atoms with Crippen LogP contribution in [-0.2, 0) is 13.0 Å². The van der Waals surface area contributed by atoms with E-state index in [-0.39, 0.29) is 0 Å². The zero-order valence-corrected chi connectivity index (χ0v) is 12.2. The summed E-state index contributed by atoms with van der Waals surface area (Å²) in [6, 6.07) is 6.22. The molecule has 0 radical (unpaired) electrons. The van der Waals surface area contributed by atoms with Crippen LogP contribution in [0.1, 0.15) is 28.8 Å². The number of benzene rings is 1. The number of H-pyrrole nitrogens is 1. The van der Waals surface area contributed by atoms with Gasteiger partial charge in [0.25, 0.3) is 0 Å². The minimum absolute atomic E-state index is 0.841. The summed E-state index contributed by atoms with van der Waals surface area (Å²) in [4.78, 5) is 0. The highest BCUT2D eigenvalue weighted by molar-refractivity contribution is 6.31. The van der Waals surface area contributed by atoms with Crippen LogP contribution in [0.2, 0.25) is 5.02 Å². The van der Waals surface area contributed by atoms with Gasteiger partial charge in [0.15, 0.2) is 0 Å². The molecule has 0 unspecified atom stereocenters. The van der Waals surface area contributed by atoms with Gasteiger partial charge < -0.3 is 5.32 Å². The lowest BCUT2D eigenvalue weighted by atomic mass is 10.1. The van der Waals surface area contributed by atoms with Crippen molar-refractivity contribution >= 4 is 11.6 Å². The van der Waals surface area contributed by atoms with Crippen LogP contribution in [0.4, 0.5) is 0 Å². The van der Waals surface area contributed by atoms with Crippen molar-refractivity contribution in [3.8, 4) is 0 Å². The molecule has 1 aromatic carbocycles. The van der Waals surface area contributed by atoms with Gasteiger partial charge in [-0.1, -0.05) is 23.7 Å². The third-order valence-electron chi connectivity index (χ3n) is 3.30. The molecule has 0 aliphatic heterocycles. The van der Waals surface area contributed by atoms with E-state index < -0.39 is 0 Å². The lowest BCUT2D eigenvalue weighted by Gasteiger charge is -2.06. The smallest absolute Gasteiger partial charge is 0.0522 e. The fourth-order valence-electron chi connectivity index (χ4n) is 2.01. The molecule has 1 heterocycles. The van der Waals surface area contributed by atoms with E-state index in [1.54, 1.807) is 0 Å². The Balaban J connectivity index is 1.69. The van der Waals surface area contributed by atoms with Crippen LogP contribution in [0, 0.1) is 13.8 Å². The first-order chi connectivity index (χ1) is 9.16. The van der Waals surface area contributed by atoms with Crippen molar-refractivity contribution in [3.05, 3.63) is 51.8 Å². The Bertz CT molecular complexity index is 534. The van der Waals surface area contributed by atoms with Crippen LogP contribution in [0.5, 0.6) is 0 Å². The Kier molecular flexibility index (Phi) is 5.00. The summed E-state index contributed by atoms with van der Waals surface area (Å²) in [5, 5.41) is 11.3. The summed E-state index contributed by atoms with van der Waals surface area (Å²) >= 11 is 6.10. The van der Waals surface area contributed by atoms with Gasteiger partial charge in [0.05, 0.1) is 6.20 Å². The first-order valence-electron chi connectivity index (χ1n) is 6.61. The Hall–Kier alpha value is -1.32. The number of aryl methyl sites for hydroxylation is 3. The highest BCUT2D eigenvalue weighted by Gasteiger charge is 2.00. The average molecular weight is 278 g/mol. The van der Waals surface area contributed by atoms with Crippen molar-refractivity contribution in [2.45, 2.75) is 33.2 Å². The Labute approximate surface area is 119 Å². The molecule has 102 valence electrons. The van der Waals surface area contributed by atoms with Crippen LogP contribution in [-0.4, -0.2) is 16.7 Å². The molecule has 4 heteroatoms. The predicted molar refractivity (Wildman–Crippen MR) is 79.5 cm³/mol. The van der Waals surface area contributed by atoms with Crippen LogP contribution in [0.15, 0.2) is 24.4 Å². The number of aromatic amines is 1. The molecule has 1 aromatic heterocycles. The maximum absolute atomic E-state index is 6.10. The molecule has 2 aromatic rings. The molecule has 0 saturated carbocycles. The Morgan fingerprint density at radius 2 is 2.16 bits per heavy atom. The van der Waals surface area contributed by atoms with Crippen molar-refractivity contribution in [1.29, 1.82) is 0 Å². The molecule has 2 N–H and O–H groups in total. The first-order valence-corrected chi connectivity index (χ1v) is 6.99. The SMILES string of the molecule is Cc1ccc(CNCCCc2cn[nH]c2C)cc1Cl. The van der Waals surface area contributed by atoms with Gasteiger partial charge in [0.1, 0.15) is 0 Å². The molecule has 0 fully saturated rings. The number of nitrogens with zero attached hydrogens (tertiary/aromatic N) is 1. The molecule has 0 atom stereocenters. The molecule has 0 spiro atoms. The minimum atomic E-state index is 0.841. The highest BCUT2D eigenvalue weighted by Crippen LogP contribution is 2.16. The molecule has 0 amide bonds. The summed E-state index contributed by atoms with van der Waals surface area (Å²) in [6.07, 6.45) is 4.08.